The minimum atomic E-state index is 0.787. The van der Waals surface area contributed by atoms with Crippen molar-refractivity contribution in [2.24, 2.45) is 0 Å². The molecule has 0 atom stereocenters. The molecule has 0 aliphatic heterocycles. The SMILES string of the molecule is CCn1nnc2c(Br)c(Br)c(Br)c(Br)c21. The number of hydrogen-bond donors (Lipinski definition) is 0. The second-order valence-electron chi connectivity index (χ2n) is 2.86. The Morgan fingerprint density at radius 3 is 2.20 bits per heavy atom. The average molecular weight is 463 g/mol. The highest BCUT2D eigenvalue weighted by atomic mass is 79.9. The summed E-state index contributed by atoms with van der Waals surface area (Å²) in [6, 6.07) is 0. The molecule has 0 aliphatic rings. The molecule has 3 nitrogen and oxygen atoms in total. The van der Waals surface area contributed by atoms with Crippen LogP contribution in [0.5, 0.6) is 0 Å². The Bertz CT molecular complexity index is 534. The van der Waals surface area contributed by atoms with E-state index in [-0.39, 0.29) is 0 Å². The molecule has 2 aromatic rings. The van der Waals surface area contributed by atoms with Crippen molar-refractivity contribution >= 4 is 74.8 Å². The summed E-state index contributed by atoms with van der Waals surface area (Å²) >= 11 is 14.0. The van der Waals surface area contributed by atoms with Crippen LogP contribution in [0.1, 0.15) is 6.92 Å². The lowest BCUT2D eigenvalue weighted by atomic mass is 10.3. The van der Waals surface area contributed by atoms with Crippen molar-refractivity contribution in [1.29, 1.82) is 0 Å². The smallest absolute Gasteiger partial charge is 0.129 e. The van der Waals surface area contributed by atoms with E-state index in [4.69, 9.17) is 0 Å². The lowest BCUT2D eigenvalue weighted by Gasteiger charge is -2.06. The molecule has 0 saturated heterocycles. The van der Waals surface area contributed by atoms with Crippen LogP contribution in [0.4, 0.5) is 0 Å². The van der Waals surface area contributed by atoms with Crippen LogP contribution in [-0.4, -0.2) is 15.0 Å². The standard InChI is InChI=1S/C8H5Br4N3/c1-2-15-8-6(12)4(10)3(9)5(11)7(8)13-14-15/h2H2,1H3. The van der Waals surface area contributed by atoms with Crippen LogP contribution in [0.25, 0.3) is 11.0 Å². The van der Waals surface area contributed by atoms with Crippen molar-refractivity contribution in [3.05, 3.63) is 17.9 Å². The number of nitrogens with zero attached hydrogens (tertiary/aromatic N) is 3. The van der Waals surface area contributed by atoms with Crippen molar-refractivity contribution in [3.63, 3.8) is 0 Å². The molecule has 2 rings (SSSR count). The van der Waals surface area contributed by atoms with Crippen molar-refractivity contribution in [3.8, 4) is 0 Å². The summed E-state index contributed by atoms with van der Waals surface area (Å²) < 4.78 is 5.61. The number of aromatic nitrogens is 3. The highest BCUT2D eigenvalue weighted by Crippen LogP contribution is 2.42. The molecule has 7 heteroatoms. The zero-order valence-electron chi connectivity index (χ0n) is 7.56. The molecule has 1 aromatic heterocycles. The first-order valence-electron chi connectivity index (χ1n) is 4.13. The molecule has 0 aliphatic carbocycles. The maximum atomic E-state index is 4.14. The second kappa shape index (κ2) is 4.43. The molecule has 0 bridgehead atoms. The second-order valence-corrected chi connectivity index (χ2v) is 6.03. The molecular formula is C8H5Br4N3. The minimum Gasteiger partial charge on any atom is -0.244 e. The van der Waals surface area contributed by atoms with Crippen molar-refractivity contribution < 1.29 is 0 Å². The number of benzene rings is 1. The molecule has 0 N–H and O–H groups in total. The zero-order chi connectivity index (χ0) is 11.2. The van der Waals surface area contributed by atoms with E-state index in [0.717, 1.165) is 35.5 Å². The quantitative estimate of drug-likeness (QED) is 0.461. The molecule has 15 heavy (non-hydrogen) atoms. The van der Waals surface area contributed by atoms with Gasteiger partial charge >= 0.3 is 0 Å². The summed E-state index contributed by atoms with van der Waals surface area (Å²) in [5.74, 6) is 0. The van der Waals surface area contributed by atoms with Gasteiger partial charge in [0.05, 0.1) is 8.95 Å². The fraction of sp³-hybridized carbons (Fsp3) is 0.250. The molecule has 0 amide bonds. The number of fused-ring (bicyclic) bond motifs is 1. The van der Waals surface area contributed by atoms with E-state index in [1.165, 1.54) is 0 Å². The molecule has 0 saturated carbocycles. The maximum Gasteiger partial charge on any atom is 0.129 e. The summed E-state index contributed by atoms with van der Waals surface area (Å²) in [4.78, 5) is 0. The lowest BCUT2D eigenvalue weighted by Crippen LogP contribution is -1.97. The first kappa shape index (κ1) is 12.0. The number of hydrogen-bond acceptors (Lipinski definition) is 2. The Kier molecular flexibility index (Phi) is 3.54. The Labute approximate surface area is 120 Å². The van der Waals surface area contributed by atoms with Crippen molar-refractivity contribution in [1.82, 2.24) is 15.0 Å². The molecule has 0 fully saturated rings. The fourth-order valence-electron chi connectivity index (χ4n) is 1.30. The summed E-state index contributed by atoms with van der Waals surface area (Å²) in [6.07, 6.45) is 0. The third-order valence-electron chi connectivity index (χ3n) is 2.03. The van der Waals surface area contributed by atoms with Gasteiger partial charge in [-0.25, -0.2) is 4.68 Å². The Hall–Kier alpha value is 0.540. The van der Waals surface area contributed by atoms with Gasteiger partial charge in [-0.2, -0.15) is 0 Å². The van der Waals surface area contributed by atoms with Crippen LogP contribution in [0.3, 0.4) is 0 Å². The summed E-state index contributed by atoms with van der Waals surface area (Å²) in [5, 5.41) is 8.22. The van der Waals surface area contributed by atoms with Gasteiger partial charge in [0, 0.05) is 15.5 Å². The fourth-order valence-corrected chi connectivity index (χ4v) is 3.66. The van der Waals surface area contributed by atoms with E-state index >= 15 is 0 Å². The third kappa shape index (κ3) is 1.81. The maximum absolute atomic E-state index is 4.14. The summed E-state index contributed by atoms with van der Waals surface area (Å²) in [5.41, 5.74) is 1.83. The Morgan fingerprint density at radius 2 is 1.60 bits per heavy atom. The van der Waals surface area contributed by atoms with E-state index < -0.39 is 0 Å². The minimum absolute atomic E-state index is 0.787. The summed E-state index contributed by atoms with van der Waals surface area (Å²) in [7, 11) is 0. The zero-order valence-corrected chi connectivity index (χ0v) is 13.9. The Balaban J connectivity index is 2.97. The van der Waals surface area contributed by atoms with Gasteiger partial charge in [0.2, 0.25) is 0 Å². The van der Waals surface area contributed by atoms with Gasteiger partial charge in [0.1, 0.15) is 11.0 Å². The molecule has 0 radical (unpaired) electrons. The molecule has 1 aromatic carbocycles. The highest BCUT2D eigenvalue weighted by Gasteiger charge is 2.18. The van der Waals surface area contributed by atoms with Crippen LogP contribution in [0.2, 0.25) is 0 Å². The topological polar surface area (TPSA) is 30.7 Å². The van der Waals surface area contributed by atoms with Crippen LogP contribution in [0.15, 0.2) is 17.9 Å². The number of rotatable bonds is 1. The predicted molar refractivity (Wildman–Crippen MR) is 74.0 cm³/mol. The summed E-state index contributed by atoms with van der Waals surface area (Å²) in [6.45, 7) is 2.82. The van der Waals surface area contributed by atoms with Gasteiger partial charge in [-0.15, -0.1) is 5.10 Å². The monoisotopic (exact) mass is 459 g/mol. The van der Waals surface area contributed by atoms with E-state index in [2.05, 4.69) is 74.0 Å². The highest BCUT2D eigenvalue weighted by molar-refractivity contribution is 9.15. The number of halogens is 4. The normalized spacial score (nSPS) is 11.3. The van der Waals surface area contributed by atoms with Crippen molar-refractivity contribution in [2.45, 2.75) is 13.5 Å². The molecule has 0 spiro atoms. The van der Waals surface area contributed by atoms with Gasteiger partial charge in [-0.1, -0.05) is 5.21 Å². The molecule has 1 heterocycles. The van der Waals surface area contributed by atoms with Crippen molar-refractivity contribution in [2.75, 3.05) is 0 Å². The van der Waals surface area contributed by atoms with Crippen LogP contribution >= 0.6 is 63.7 Å². The largest absolute Gasteiger partial charge is 0.244 e. The lowest BCUT2D eigenvalue weighted by molar-refractivity contribution is 0.645. The average Bonchev–Trinajstić information content (AvgIpc) is 2.67. The van der Waals surface area contributed by atoms with Crippen LogP contribution in [0, 0.1) is 0 Å². The van der Waals surface area contributed by atoms with E-state index in [1.807, 2.05) is 11.6 Å². The molecular weight excluding hydrogens is 458 g/mol. The van der Waals surface area contributed by atoms with E-state index in [0.29, 0.717) is 0 Å². The molecule has 80 valence electrons. The van der Waals surface area contributed by atoms with E-state index in [1.54, 1.807) is 0 Å². The van der Waals surface area contributed by atoms with Crippen LogP contribution < -0.4 is 0 Å². The van der Waals surface area contributed by atoms with Gasteiger partial charge in [-0.3, -0.25) is 0 Å². The van der Waals surface area contributed by atoms with Gasteiger partial charge in [0.25, 0.3) is 0 Å². The molecule has 0 unspecified atom stereocenters. The van der Waals surface area contributed by atoms with E-state index in [9.17, 15) is 0 Å². The Morgan fingerprint density at radius 1 is 1.00 bits per heavy atom. The first-order chi connectivity index (χ1) is 7.07. The number of aryl methyl sites for hydroxylation is 1. The predicted octanol–water partition coefficient (Wildman–Crippen LogP) is 4.50. The van der Waals surface area contributed by atoms with Gasteiger partial charge in [-0.05, 0) is 70.6 Å². The third-order valence-corrected chi connectivity index (χ3v) is 6.75. The van der Waals surface area contributed by atoms with Crippen LogP contribution in [-0.2, 0) is 6.54 Å². The first-order valence-corrected chi connectivity index (χ1v) is 7.30. The van der Waals surface area contributed by atoms with Gasteiger partial charge in [0.15, 0.2) is 0 Å². The van der Waals surface area contributed by atoms with Gasteiger partial charge < -0.3 is 0 Å².